The largest absolute Gasteiger partial charge is 0.368 e. The standard InChI is InChI=1S/C16H24N2/c17-14-8-10-16(11-9-14)18(12-13-6-7-13)15-4-2-1-3-5-15/h1-5,13-14,16H,6-12,17H2. The molecule has 2 N–H and O–H groups in total. The fourth-order valence-corrected chi connectivity index (χ4v) is 3.08. The highest BCUT2D eigenvalue weighted by Crippen LogP contribution is 2.34. The third-order valence-corrected chi connectivity index (χ3v) is 4.42. The van der Waals surface area contributed by atoms with Crippen LogP contribution >= 0.6 is 0 Å². The molecule has 2 heteroatoms. The molecule has 0 radical (unpaired) electrons. The van der Waals surface area contributed by atoms with Gasteiger partial charge in [0.25, 0.3) is 0 Å². The fraction of sp³-hybridized carbons (Fsp3) is 0.625. The lowest BCUT2D eigenvalue weighted by atomic mass is 9.90. The van der Waals surface area contributed by atoms with Crippen molar-refractivity contribution in [2.24, 2.45) is 11.7 Å². The van der Waals surface area contributed by atoms with Crippen LogP contribution in [0.25, 0.3) is 0 Å². The van der Waals surface area contributed by atoms with Crippen molar-refractivity contribution in [3.05, 3.63) is 30.3 Å². The maximum absolute atomic E-state index is 6.03. The molecule has 0 heterocycles. The van der Waals surface area contributed by atoms with Gasteiger partial charge < -0.3 is 10.6 Å². The monoisotopic (exact) mass is 244 g/mol. The van der Waals surface area contributed by atoms with Gasteiger partial charge in [0.05, 0.1) is 0 Å². The van der Waals surface area contributed by atoms with Gasteiger partial charge in [-0.25, -0.2) is 0 Å². The van der Waals surface area contributed by atoms with Crippen LogP contribution in [0.2, 0.25) is 0 Å². The lowest BCUT2D eigenvalue weighted by molar-refractivity contribution is 0.373. The zero-order chi connectivity index (χ0) is 12.4. The summed E-state index contributed by atoms with van der Waals surface area (Å²) in [6, 6.07) is 12.1. The molecule has 0 bridgehead atoms. The zero-order valence-electron chi connectivity index (χ0n) is 11.1. The second-order valence-electron chi connectivity index (χ2n) is 6.00. The summed E-state index contributed by atoms with van der Waals surface area (Å²) in [6.45, 7) is 1.25. The molecule has 0 atom stereocenters. The summed E-state index contributed by atoms with van der Waals surface area (Å²) in [5, 5.41) is 0. The molecule has 1 aromatic carbocycles. The van der Waals surface area contributed by atoms with Crippen molar-refractivity contribution in [2.75, 3.05) is 11.4 Å². The zero-order valence-corrected chi connectivity index (χ0v) is 11.1. The third-order valence-electron chi connectivity index (χ3n) is 4.42. The van der Waals surface area contributed by atoms with E-state index in [-0.39, 0.29) is 0 Å². The van der Waals surface area contributed by atoms with Crippen molar-refractivity contribution < 1.29 is 0 Å². The van der Waals surface area contributed by atoms with Crippen LogP contribution < -0.4 is 10.6 Å². The lowest BCUT2D eigenvalue weighted by Crippen LogP contribution is -2.42. The Hall–Kier alpha value is -1.02. The third kappa shape index (κ3) is 2.86. The second kappa shape index (κ2) is 5.31. The number of benzene rings is 1. The molecule has 2 fully saturated rings. The number of para-hydroxylation sites is 1. The van der Waals surface area contributed by atoms with E-state index >= 15 is 0 Å². The summed E-state index contributed by atoms with van der Waals surface area (Å²) in [5.74, 6) is 0.945. The Labute approximate surface area is 110 Å². The molecule has 0 amide bonds. The first-order valence-electron chi connectivity index (χ1n) is 7.40. The van der Waals surface area contributed by atoms with Crippen molar-refractivity contribution in [1.82, 2.24) is 0 Å². The first-order chi connectivity index (χ1) is 8.83. The Morgan fingerprint density at radius 3 is 2.22 bits per heavy atom. The topological polar surface area (TPSA) is 29.3 Å². The predicted octanol–water partition coefficient (Wildman–Crippen LogP) is 3.17. The molecule has 0 aromatic heterocycles. The van der Waals surface area contributed by atoms with Crippen molar-refractivity contribution in [3.63, 3.8) is 0 Å². The molecule has 1 aromatic rings. The maximum atomic E-state index is 6.03. The molecule has 98 valence electrons. The molecule has 3 rings (SSSR count). The van der Waals surface area contributed by atoms with Crippen LogP contribution in [-0.2, 0) is 0 Å². The van der Waals surface area contributed by atoms with Crippen molar-refractivity contribution in [1.29, 1.82) is 0 Å². The minimum Gasteiger partial charge on any atom is -0.368 e. The van der Waals surface area contributed by atoms with Gasteiger partial charge in [0.15, 0.2) is 0 Å². The number of hydrogen-bond acceptors (Lipinski definition) is 2. The first-order valence-corrected chi connectivity index (χ1v) is 7.40. The highest BCUT2D eigenvalue weighted by atomic mass is 15.2. The maximum Gasteiger partial charge on any atom is 0.0368 e. The van der Waals surface area contributed by atoms with Crippen LogP contribution in [0.15, 0.2) is 30.3 Å². The van der Waals surface area contributed by atoms with E-state index in [9.17, 15) is 0 Å². The summed E-state index contributed by atoms with van der Waals surface area (Å²) >= 11 is 0. The highest BCUT2D eigenvalue weighted by Gasteiger charge is 2.30. The van der Waals surface area contributed by atoms with Crippen molar-refractivity contribution >= 4 is 5.69 Å². The molecular weight excluding hydrogens is 220 g/mol. The second-order valence-corrected chi connectivity index (χ2v) is 6.00. The first kappa shape index (κ1) is 12.0. The Balaban J connectivity index is 1.72. The minimum atomic E-state index is 0.444. The molecule has 2 nitrogen and oxygen atoms in total. The molecule has 0 aliphatic heterocycles. The van der Waals surface area contributed by atoms with Gasteiger partial charge in [-0.15, -0.1) is 0 Å². The van der Waals surface area contributed by atoms with Crippen LogP contribution in [0.3, 0.4) is 0 Å². The van der Waals surface area contributed by atoms with E-state index in [0.717, 1.165) is 5.92 Å². The molecular formula is C16H24N2. The van der Waals surface area contributed by atoms with Gasteiger partial charge in [0.1, 0.15) is 0 Å². The van der Waals surface area contributed by atoms with Gasteiger partial charge in [0, 0.05) is 24.3 Å². The molecule has 2 saturated carbocycles. The van der Waals surface area contributed by atoms with E-state index in [4.69, 9.17) is 5.73 Å². The Morgan fingerprint density at radius 1 is 0.944 bits per heavy atom. The van der Waals surface area contributed by atoms with Gasteiger partial charge in [0.2, 0.25) is 0 Å². The smallest absolute Gasteiger partial charge is 0.0368 e. The number of nitrogens with two attached hydrogens (primary N) is 1. The van der Waals surface area contributed by atoms with E-state index < -0.39 is 0 Å². The van der Waals surface area contributed by atoms with Gasteiger partial charge >= 0.3 is 0 Å². The van der Waals surface area contributed by atoms with Crippen LogP contribution in [-0.4, -0.2) is 18.6 Å². The predicted molar refractivity (Wildman–Crippen MR) is 76.7 cm³/mol. The van der Waals surface area contributed by atoms with Crippen molar-refractivity contribution in [2.45, 2.75) is 50.6 Å². The van der Waals surface area contributed by atoms with Crippen LogP contribution in [0.5, 0.6) is 0 Å². The Kier molecular flexibility index (Phi) is 3.55. The Morgan fingerprint density at radius 2 is 1.61 bits per heavy atom. The SMILES string of the molecule is NC1CCC(N(CC2CC2)c2ccccc2)CC1. The summed E-state index contributed by atoms with van der Waals surface area (Å²) in [4.78, 5) is 2.66. The van der Waals surface area contributed by atoms with Gasteiger partial charge in [-0.2, -0.15) is 0 Å². The molecule has 18 heavy (non-hydrogen) atoms. The van der Waals surface area contributed by atoms with Crippen LogP contribution in [0.1, 0.15) is 38.5 Å². The number of anilines is 1. The number of nitrogens with zero attached hydrogens (tertiary/aromatic N) is 1. The van der Waals surface area contributed by atoms with Gasteiger partial charge in [-0.1, -0.05) is 18.2 Å². The van der Waals surface area contributed by atoms with Crippen molar-refractivity contribution in [3.8, 4) is 0 Å². The quantitative estimate of drug-likeness (QED) is 0.881. The van der Waals surface area contributed by atoms with E-state index in [1.165, 1.54) is 50.8 Å². The highest BCUT2D eigenvalue weighted by molar-refractivity contribution is 5.47. The van der Waals surface area contributed by atoms with E-state index in [1.54, 1.807) is 0 Å². The molecule has 2 aliphatic rings. The van der Waals surface area contributed by atoms with E-state index in [1.807, 2.05) is 0 Å². The van der Waals surface area contributed by atoms with Crippen LogP contribution in [0, 0.1) is 5.92 Å². The number of hydrogen-bond donors (Lipinski definition) is 1. The molecule has 2 aliphatic carbocycles. The average molecular weight is 244 g/mol. The average Bonchev–Trinajstić information content (AvgIpc) is 3.22. The fourth-order valence-electron chi connectivity index (χ4n) is 3.08. The van der Waals surface area contributed by atoms with E-state index in [0.29, 0.717) is 12.1 Å². The summed E-state index contributed by atoms with van der Waals surface area (Å²) < 4.78 is 0. The molecule has 0 saturated heterocycles. The van der Waals surface area contributed by atoms with Gasteiger partial charge in [-0.3, -0.25) is 0 Å². The van der Waals surface area contributed by atoms with Crippen LogP contribution in [0.4, 0.5) is 5.69 Å². The molecule has 0 spiro atoms. The van der Waals surface area contributed by atoms with Gasteiger partial charge in [-0.05, 0) is 56.6 Å². The summed E-state index contributed by atoms with van der Waals surface area (Å²) in [6.07, 6.45) is 7.77. The number of rotatable bonds is 4. The Bertz CT molecular complexity index is 364. The normalized spacial score (nSPS) is 28.1. The minimum absolute atomic E-state index is 0.444. The molecule has 0 unspecified atom stereocenters. The lowest BCUT2D eigenvalue weighted by Gasteiger charge is -2.38. The summed E-state index contributed by atoms with van der Waals surface area (Å²) in [7, 11) is 0. The van der Waals surface area contributed by atoms with E-state index in [2.05, 4.69) is 35.2 Å². The summed E-state index contributed by atoms with van der Waals surface area (Å²) in [5.41, 5.74) is 7.44.